The van der Waals surface area contributed by atoms with E-state index in [0.29, 0.717) is 18.7 Å². The molecular formula is C18H28ClN3O3S. The third-order valence-electron chi connectivity index (χ3n) is 5.19. The van der Waals surface area contributed by atoms with Gasteiger partial charge in [-0.15, -0.1) is 12.4 Å². The van der Waals surface area contributed by atoms with E-state index in [0.717, 1.165) is 45.2 Å². The van der Waals surface area contributed by atoms with Crippen molar-refractivity contribution in [2.45, 2.75) is 43.0 Å². The van der Waals surface area contributed by atoms with Crippen LogP contribution < -0.4 is 5.32 Å². The molecule has 0 bridgehead atoms. The lowest BCUT2D eigenvalue weighted by Crippen LogP contribution is -2.38. The average molecular weight is 402 g/mol. The van der Waals surface area contributed by atoms with Crippen LogP contribution in [0.25, 0.3) is 0 Å². The van der Waals surface area contributed by atoms with Gasteiger partial charge in [0.25, 0.3) is 5.91 Å². The van der Waals surface area contributed by atoms with Crippen LogP contribution in [0.2, 0.25) is 0 Å². The Hall–Kier alpha value is -1.15. The van der Waals surface area contributed by atoms with Gasteiger partial charge in [0.2, 0.25) is 10.0 Å². The molecule has 1 aromatic rings. The first-order valence-corrected chi connectivity index (χ1v) is 10.5. The number of nitrogens with zero attached hydrogens (tertiary/aromatic N) is 2. The number of likely N-dealkylation sites (N-methyl/N-ethyl adjacent to an activating group) is 1. The molecule has 2 fully saturated rings. The molecule has 1 atom stereocenters. The van der Waals surface area contributed by atoms with Crippen LogP contribution in [0.1, 0.15) is 42.5 Å². The smallest absolute Gasteiger partial charge is 0.253 e. The number of sulfonamides is 1. The zero-order valence-electron chi connectivity index (χ0n) is 15.2. The topological polar surface area (TPSA) is 69.7 Å². The van der Waals surface area contributed by atoms with E-state index in [-0.39, 0.29) is 29.3 Å². The van der Waals surface area contributed by atoms with Gasteiger partial charge >= 0.3 is 0 Å². The fourth-order valence-electron chi connectivity index (χ4n) is 3.56. The maximum absolute atomic E-state index is 12.9. The van der Waals surface area contributed by atoms with E-state index in [2.05, 4.69) is 5.32 Å². The Balaban J connectivity index is 0.00000243. The molecule has 1 unspecified atom stereocenters. The summed E-state index contributed by atoms with van der Waals surface area (Å²) in [6.45, 7) is 2.82. The maximum Gasteiger partial charge on any atom is 0.253 e. The lowest BCUT2D eigenvalue weighted by Gasteiger charge is -2.24. The molecule has 0 spiro atoms. The normalized spacial score (nSPS) is 21.7. The van der Waals surface area contributed by atoms with Gasteiger partial charge in [-0.3, -0.25) is 4.79 Å². The number of carbonyl (C=O) groups is 1. The fraction of sp³-hybridized carbons (Fsp3) is 0.611. The van der Waals surface area contributed by atoms with Crippen molar-refractivity contribution in [1.82, 2.24) is 14.5 Å². The highest BCUT2D eigenvalue weighted by Crippen LogP contribution is 2.22. The Bertz CT molecular complexity index is 712. The van der Waals surface area contributed by atoms with Crippen molar-refractivity contribution in [3.8, 4) is 0 Å². The third kappa shape index (κ3) is 4.57. The predicted octanol–water partition coefficient (Wildman–Crippen LogP) is 2.11. The van der Waals surface area contributed by atoms with Crippen LogP contribution in [0.4, 0.5) is 0 Å². The molecule has 146 valence electrons. The zero-order chi connectivity index (χ0) is 17.9. The SMILES string of the molecule is CN(C(=O)c1cccc(S(=O)(=O)N2CCCCCC2)c1)C1CCNC1.Cl. The standard InChI is InChI=1S/C18H27N3O3S.ClH/c1-20(16-9-10-19-14-16)18(22)15-7-6-8-17(13-15)25(23,24)21-11-4-2-3-5-12-21;/h6-8,13,16,19H,2-5,9-12,14H2,1H3;1H. The number of rotatable bonds is 4. The molecule has 0 aromatic heterocycles. The number of carbonyl (C=O) groups excluding carboxylic acids is 1. The maximum atomic E-state index is 12.9. The van der Waals surface area contributed by atoms with Crippen molar-refractivity contribution in [2.75, 3.05) is 33.2 Å². The van der Waals surface area contributed by atoms with E-state index in [1.807, 2.05) is 0 Å². The van der Waals surface area contributed by atoms with Crippen LogP contribution in [-0.4, -0.2) is 62.8 Å². The first-order chi connectivity index (χ1) is 12.0. The second kappa shape index (κ2) is 9.17. The van der Waals surface area contributed by atoms with Crippen LogP contribution in [0.3, 0.4) is 0 Å². The number of amides is 1. The summed E-state index contributed by atoms with van der Waals surface area (Å²) in [7, 11) is -1.75. The van der Waals surface area contributed by atoms with Crippen molar-refractivity contribution in [3.63, 3.8) is 0 Å². The average Bonchev–Trinajstić information content (AvgIpc) is 3.02. The van der Waals surface area contributed by atoms with Crippen molar-refractivity contribution in [1.29, 1.82) is 0 Å². The zero-order valence-corrected chi connectivity index (χ0v) is 16.8. The molecule has 0 aliphatic carbocycles. The van der Waals surface area contributed by atoms with Gasteiger partial charge in [-0.2, -0.15) is 4.31 Å². The van der Waals surface area contributed by atoms with Crippen LogP contribution in [-0.2, 0) is 10.0 Å². The van der Waals surface area contributed by atoms with Crippen molar-refractivity contribution >= 4 is 28.3 Å². The Labute approximate surface area is 162 Å². The molecule has 1 N–H and O–H groups in total. The third-order valence-corrected chi connectivity index (χ3v) is 7.08. The number of nitrogens with one attached hydrogen (secondary N) is 1. The summed E-state index contributed by atoms with van der Waals surface area (Å²) in [5.74, 6) is -0.124. The molecular weight excluding hydrogens is 374 g/mol. The molecule has 2 saturated heterocycles. The van der Waals surface area contributed by atoms with Crippen LogP contribution >= 0.6 is 12.4 Å². The second-order valence-electron chi connectivity index (χ2n) is 6.91. The van der Waals surface area contributed by atoms with E-state index in [1.165, 1.54) is 6.07 Å². The van der Waals surface area contributed by atoms with Gasteiger partial charge in [0, 0.05) is 38.3 Å². The first kappa shape index (κ1) is 21.2. The van der Waals surface area contributed by atoms with Gasteiger partial charge in [-0.05, 0) is 44.0 Å². The number of hydrogen-bond acceptors (Lipinski definition) is 4. The van der Waals surface area contributed by atoms with Crippen LogP contribution in [0.15, 0.2) is 29.2 Å². The Morgan fingerprint density at radius 3 is 2.50 bits per heavy atom. The summed E-state index contributed by atoms with van der Waals surface area (Å²) >= 11 is 0. The molecule has 2 heterocycles. The van der Waals surface area contributed by atoms with Crippen molar-refractivity contribution in [2.24, 2.45) is 0 Å². The van der Waals surface area contributed by atoms with Gasteiger partial charge < -0.3 is 10.2 Å². The van der Waals surface area contributed by atoms with E-state index in [1.54, 1.807) is 34.5 Å². The van der Waals surface area contributed by atoms with Gasteiger partial charge in [0.15, 0.2) is 0 Å². The molecule has 2 aliphatic heterocycles. The van der Waals surface area contributed by atoms with Crippen LogP contribution in [0, 0.1) is 0 Å². The minimum absolute atomic E-state index is 0. The molecule has 1 amide bonds. The molecule has 0 radical (unpaired) electrons. The van der Waals surface area contributed by atoms with E-state index in [4.69, 9.17) is 0 Å². The van der Waals surface area contributed by atoms with Crippen LogP contribution in [0.5, 0.6) is 0 Å². The minimum atomic E-state index is -3.54. The van der Waals surface area contributed by atoms with E-state index in [9.17, 15) is 13.2 Å². The van der Waals surface area contributed by atoms with Gasteiger partial charge in [0.05, 0.1) is 4.90 Å². The van der Waals surface area contributed by atoms with E-state index >= 15 is 0 Å². The Morgan fingerprint density at radius 1 is 1.19 bits per heavy atom. The highest BCUT2D eigenvalue weighted by Gasteiger charge is 2.28. The summed E-state index contributed by atoms with van der Waals surface area (Å²) in [6, 6.07) is 6.65. The highest BCUT2D eigenvalue weighted by molar-refractivity contribution is 7.89. The Morgan fingerprint density at radius 2 is 1.88 bits per heavy atom. The molecule has 26 heavy (non-hydrogen) atoms. The predicted molar refractivity (Wildman–Crippen MR) is 104 cm³/mol. The lowest BCUT2D eigenvalue weighted by atomic mass is 10.1. The largest absolute Gasteiger partial charge is 0.337 e. The number of benzene rings is 1. The van der Waals surface area contributed by atoms with Crippen molar-refractivity contribution < 1.29 is 13.2 Å². The number of hydrogen-bond donors (Lipinski definition) is 1. The summed E-state index contributed by atoms with van der Waals surface area (Å²) < 4.78 is 27.4. The fourth-order valence-corrected chi connectivity index (χ4v) is 5.12. The first-order valence-electron chi connectivity index (χ1n) is 9.08. The lowest BCUT2D eigenvalue weighted by molar-refractivity contribution is 0.0743. The van der Waals surface area contributed by atoms with E-state index < -0.39 is 10.0 Å². The molecule has 3 rings (SSSR count). The summed E-state index contributed by atoms with van der Waals surface area (Å²) in [6.07, 6.45) is 4.87. The van der Waals surface area contributed by atoms with Gasteiger partial charge in [-0.1, -0.05) is 18.9 Å². The summed E-state index contributed by atoms with van der Waals surface area (Å²) in [5.41, 5.74) is 0.435. The molecule has 2 aliphatic rings. The molecule has 0 saturated carbocycles. The number of halogens is 1. The molecule has 1 aromatic carbocycles. The summed E-state index contributed by atoms with van der Waals surface area (Å²) in [5, 5.41) is 3.25. The highest BCUT2D eigenvalue weighted by atomic mass is 35.5. The monoisotopic (exact) mass is 401 g/mol. The quantitative estimate of drug-likeness (QED) is 0.838. The Kier molecular flexibility index (Phi) is 7.46. The van der Waals surface area contributed by atoms with Gasteiger partial charge in [0.1, 0.15) is 0 Å². The van der Waals surface area contributed by atoms with Gasteiger partial charge in [-0.25, -0.2) is 8.42 Å². The second-order valence-corrected chi connectivity index (χ2v) is 8.85. The molecule has 6 nitrogen and oxygen atoms in total. The molecule has 8 heteroatoms. The summed E-state index contributed by atoms with van der Waals surface area (Å²) in [4.78, 5) is 14.7. The van der Waals surface area contributed by atoms with Crippen molar-refractivity contribution in [3.05, 3.63) is 29.8 Å². The minimum Gasteiger partial charge on any atom is -0.337 e.